The lowest BCUT2D eigenvalue weighted by atomic mass is 10.1. The normalized spacial score (nSPS) is 34.0. The molecule has 74 valence electrons. The third-order valence-corrected chi connectivity index (χ3v) is 1.64. The van der Waals surface area contributed by atoms with Crippen LogP contribution in [0.5, 0.6) is 0 Å². The molecule has 1 aliphatic rings. The quantitative estimate of drug-likeness (QED) is 0.530. The number of ether oxygens (including phenoxy) is 2. The molecule has 3 N–H and O–H groups in total. The first-order valence-electron chi connectivity index (χ1n) is 3.56. The highest BCUT2D eigenvalue weighted by Crippen LogP contribution is 2.18. The van der Waals surface area contributed by atoms with Gasteiger partial charge in [-0.1, -0.05) is 0 Å². The first kappa shape index (κ1) is 9.97. The van der Waals surface area contributed by atoms with E-state index in [0.29, 0.717) is 0 Å². The van der Waals surface area contributed by atoms with Gasteiger partial charge < -0.3 is 24.8 Å². The monoisotopic (exact) mass is 190 g/mol. The van der Waals surface area contributed by atoms with Gasteiger partial charge in [0.15, 0.2) is 18.5 Å². The Morgan fingerprint density at radius 1 is 1.69 bits per heavy atom. The molecule has 0 radical (unpaired) electrons. The van der Waals surface area contributed by atoms with Crippen LogP contribution in [0.4, 0.5) is 0 Å². The Hall–Kier alpha value is -1.11. The number of hydrogen-bond acceptors (Lipinski definition) is 5. The van der Waals surface area contributed by atoms with Gasteiger partial charge >= 0.3 is 5.97 Å². The molecule has 13 heavy (non-hydrogen) atoms. The fraction of sp³-hybridized carbons (Fsp3) is 0.571. The lowest BCUT2D eigenvalue weighted by Crippen LogP contribution is -2.42. The molecule has 1 aliphatic heterocycles. The van der Waals surface area contributed by atoms with Crippen LogP contribution in [0.15, 0.2) is 11.8 Å². The van der Waals surface area contributed by atoms with E-state index in [1.54, 1.807) is 0 Å². The number of aliphatic hydroxyl groups excluding tert-OH is 2. The molecule has 6 nitrogen and oxygen atoms in total. The predicted molar refractivity (Wildman–Crippen MR) is 40.0 cm³/mol. The zero-order chi connectivity index (χ0) is 10.0. The number of carboxylic acids is 1. The minimum Gasteiger partial charge on any atom is -0.510 e. The number of methoxy groups -OCH3 is 1. The Bertz CT molecular complexity index is 235. The number of aliphatic carboxylic acids is 1. The molecular weight excluding hydrogens is 180 g/mol. The van der Waals surface area contributed by atoms with Crippen molar-refractivity contribution in [2.24, 2.45) is 0 Å². The van der Waals surface area contributed by atoms with Crippen LogP contribution < -0.4 is 0 Å². The summed E-state index contributed by atoms with van der Waals surface area (Å²) >= 11 is 0. The van der Waals surface area contributed by atoms with Crippen LogP contribution in [-0.4, -0.2) is 46.9 Å². The number of aliphatic hydroxyl groups is 2. The highest BCUT2D eigenvalue weighted by Gasteiger charge is 2.34. The standard InChI is InChI=1S/C7H10O6/c1-12-7-5(9)3(8)2-4(13-7)6(10)11/h2,4-5,7-9H,1H3,(H,10,11)/t4?,5-,7?/m0/s1. The maximum absolute atomic E-state index is 10.5. The fourth-order valence-corrected chi connectivity index (χ4v) is 0.965. The lowest BCUT2D eigenvalue weighted by Gasteiger charge is -2.28. The molecule has 0 aromatic rings. The second kappa shape index (κ2) is 3.73. The third kappa shape index (κ3) is 1.97. The first-order valence-corrected chi connectivity index (χ1v) is 3.56. The maximum Gasteiger partial charge on any atom is 0.337 e. The number of carboxylic acid groups (broad SMARTS) is 1. The van der Waals surface area contributed by atoms with Crippen LogP contribution in [0.1, 0.15) is 0 Å². The third-order valence-electron chi connectivity index (χ3n) is 1.64. The van der Waals surface area contributed by atoms with Gasteiger partial charge in [0, 0.05) is 7.11 Å². The van der Waals surface area contributed by atoms with Gasteiger partial charge in [0.05, 0.1) is 0 Å². The molecule has 1 rings (SSSR count). The van der Waals surface area contributed by atoms with Crippen LogP contribution in [0.2, 0.25) is 0 Å². The molecule has 0 saturated carbocycles. The van der Waals surface area contributed by atoms with Crippen LogP contribution in [0, 0.1) is 0 Å². The maximum atomic E-state index is 10.5. The summed E-state index contributed by atoms with van der Waals surface area (Å²) in [6.45, 7) is 0. The van der Waals surface area contributed by atoms with Crippen LogP contribution in [0.3, 0.4) is 0 Å². The minimum absolute atomic E-state index is 0.453. The topological polar surface area (TPSA) is 96.2 Å². The summed E-state index contributed by atoms with van der Waals surface area (Å²) in [5.41, 5.74) is 0. The summed E-state index contributed by atoms with van der Waals surface area (Å²) < 4.78 is 9.39. The van der Waals surface area contributed by atoms with Crippen LogP contribution in [-0.2, 0) is 14.3 Å². The summed E-state index contributed by atoms with van der Waals surface area (Å²) in [5.74, 6) is -1.70. The van der Waals surface area contributed by atoms with Crippen molar-refractivity contribution in [3.05, 3.63) is 11.8 Å². The molecule has 1 heterocycles. The molecule has 0 spiro atoms. The Kier molecular flexibility index (Phi) is 2.86. The van der Waals surface area contributed by atoms with Gasteiger partial charge in [0.1, 0.15) is 5.76 Å². The zero-order valence-electron chi connectivity index (χ0n) is 6.88. The van der Waals surface area contributed by atoms with Gasteiger partial charge in [-0.15, -0.1) is 0 Å². The molecular formula is C7H10O6. The minimum atomic E-state index is -1.33. The smallest absolute Gasteiger partial charge is 0.337 e. The highest BCUT2D eigenvalue weighted by molar-refractivity contribution is 5.75. The fourth-order valence-electron chi connectivity index (χ4n) is 0.965. The zero-order valence-corrected chi connectivity index (χ0v) is 6.88. The second-order valence-electron chi connectivity index (χ2n) is 2.54. The Morgan fingerprint density at radius 2 is 2.31 bits per heavy atom. The van der Waals surface area contributed by atoms with Gasteiger partial charge in [-0.3, -0.25) is 0 Å². The first-order chi connectivity index (χ1) is 6.06. The van der Waals surface area contributed by atoms with Crippen LogP contribution >= 0.6 is 0 Å². The molecule has 3 atom stereocenters. The number of hydrogen-bond donors (Lipinski definition) is 3. The van der Waals surface area contributed by atoms with Gasteiger partial charge in [0.25, 0.3) is 0 Å². The van der Waals surface area contributed by atoms with E-state index in [4.69, 9.17) is 14.9 Å². The Labute approximate surface area is 74.0 Å². The van der Waals surface area contributed by atoms with Crippen molar-refractivity contribution < 1.29 is 29.6 Å². The largest absolute Gasteiger partial charge is 0.510 e. The molecule has 0 aromatic carbocycles. The van der Waals surface area contributed by atoms with Crippen molar-refractivity contribution >= 4 is 5.97 Å². The van der Waals surface area contributed by atoms with Crippen molar-refractivity contribution in [2.45, 2.75) is 18.5 Å². The van der Waals surface area contributed by atoms with E-state index < -0.39 is 30.2 Å². The van der Waals surface area contributed by atoms with E-state index >= 15 is 0 Å². The SMILES string of the molecule is COC1OC(C(=O)O)C=C(O)[C@@H]1O. The van der Waals surface area contributed by atoms with E-state index in [0.717, 1.165) is 6.08 Å². The van der Waals surface area contributed by atoms with E-state index in [9.17, 15) is 9.90 Å². The summed E-state index contributed by atoms with van der Waals surface area (Å²) in [6.07, 6.45) is -2.84. The van der Waals surface area contributed by atoms with E-state index in [2.05, 4.69) is 4.74 Å². The predicted octanol–water partition coefficient (Wildman–Crippen LogP) is -0.755. The van der Waals surface area contributed by atoms with Crippen LogP contribution in [0.25, 0.3) is 0 Å². The molecule has 0 aromatic heterocycles. The molecule has 0 bridgehead atoms. The number of carbonyl (C=O) groups is 1. The average Bonchev–Trinajstić information content (AvgIpc) is 2.09. The molecule has 0 saturated heterocycles. The average molecular weight is 190 g/mol. The summed E-state index contributed by atoms with van der Waals surface area (Å²) in [4.78, 5) is 10.5. The van der Waals surface area contributed by atoms with E-state index in [1.165, 1.54) is 7.11 Å². The van der Waals surface area contributed by atoms with Gasteiger partial charge in [0.2, 0.25) is 0 Å². The molecule has 0 fully saturated rings. The molecule has 0 amide bonds. The summed E-state index contributed by atoms with van der Waals surface area (Å²) in [7, 11) is 1.24. The lowest BCUT2D eigenvalue weighted by molar-refractivity contribution is -0.209. The molecule has 2 unspecified atom stereocenters. The number of rotatable bonds is 2. The molecule has 6 heteroatoms. The van der Waals surface area contributed by atoms with Crippen molar-refractivity contribution in [1.82, 2.24) is 0 Å². The van der Waals surface area contributed by atoms with Gasteiger partial charge in [-0.05, 0) is 6.08 Å². The second-order valence-corrected chi connectivity index (χ2v) is 2.54. The van der Waals surface area contributed by atoms with Crippen molar-refractivity contribution in [3.63, 3.8) is 0 Å². The van der Waals surface area contributed by atoms with Crippen molar-refractivity contribution in [1.29, 1.82) is 0 Å². The van der Waals surface area contributed by atoms with Crippen molar-refractivity contribution in [2.75, 3.05) is 7.11 Å². The Morgan fingerprint density at radius 3 is 2.77 bits per heavy atom. The van der Waals surface area contributed by atoms with Crippen molar-refractivity contribution in [3.8, 4) is 0 Å². The molecule has 0 aliphatic carbocycles. The summed E-state index contributed by atoms with van der Waals surface area (Å²) in [6, 6.07) is 0. The van der Waals surface area contributed by atoms with E-state index in [-0.39, 0.29) is 0 Å². The summed E-state index contributed by atoms with van der Waals surface area (Å²) in [5, 5.41) is 26.8. The van der Waals surface area contributed by atoms with Gasteiger partial charge in [-0.2, -0.15) is 0 Å². The highest BCUT2D eigenvalue weighted by atomic mass is 16.7. The van der Waals surface area contributed by atoms with Gasteiger partial charge in [-0.25, -0.2) is 4.79 Å². The van der Waals surface area contributed by atoms with E-state index in [1.807, 2.05) is 0 Å². The Balaban J connectivity index is 2.80.